The van der Waals surface area contributed by atoms with Gasteiger partial charge < -0.3 is 0 Å². The topological polar surface area (TPSA) is 34.1 Å². The average molecular weight is 354 g/mol. The molecule has 0 atom stereocenters. The molecule has 0 unspecified atom stereocenters. The molecule has 0 fully saturated rings. The predicted molar refractivity (Wildman–Crippen MR) is 74.7 cm³/mol. The van der Waals surface area contributed by atoms with Crippen molar-refractivity contribution in [1.29, 1.82) is 0 Å². The van der Waals surface area contributed by atoms with Crippen LogP contribution in [0.15, 0.2) is 21.5 Å². The van der Waals surface area contributed by atoms with Gasteiger partial charge in [-0.05, 0) is 46.1 Å². The van der Waals surface area contributed by atoms with E-state index in [1.165, 1.54) is 6.07 Å². The fraction of sp³-hybridized carbons (Fsp3) is 0.333. The molecule has 0 aliphatic carbocycles. The number of unbranched alkanes of at least 4 members (excludes halogenated alkanes) is 1. The van der Waals surface area contributed by atoms with Crippen LogP contribution < -0.4 is 0 Å². The van der Waals surface area contributed by atoms with Crippen molar-refractivity contribution in [3.8, 4) is 0 Å². The van der Waals surface area contributed by atoms with Crippen molar-refractivity contribution in [2.45, 2.75) is 31.1 Å². The molecule has 0 aromatic heterocycles. The largest absolute Gasteiger partial charge is 0.287 e. The molecule has 0 heterocycles. The lowest BCUT2D eigenvalue weighted by Crippen LogP contribution is -1.97. The van der Waals surface area contributed by atoms with Crippen molar-refractivity contribution >= 4 is 49.7 Å². The zero-order chi connectivity index (χ0) is 13.7. The second-order valence-corrected chi connectivity index (χ2v) is 5.91. The lowest BCUT2D eigenvalue weighted by atomic mass is 10.2. The molecule has 0 amide bonds. The van der Waals surface area contributed by atoms with Crippen molar-refractivity contribution < 1.29 is 14.0 Å². The molecule has 2 nitrogen and oxygen atoms in total. The third-order valence-corrected chi connectivity index (χ3v) is 4.30. The standard InChI is InChI=1S/C12H11BrClFO2S/c1-2-3-4-11(16)18-10-5-7(12(14)17)9(15)6-8(10)13/h5-6H,2-4H2,1H3. The van der Waals surface area contributed by atoms with Crippen LogP contribution in [0.4, 0.5) is 4.39 Å². The second kappa shape index (κ2) is 7.26. The lowest BCUT2D eigenvalue weighted by Gasteiger charge is -2.06. The Labute approximate surface area is 122 Å². The van der Waals surface area contributed by atoms with Gasteiger partial charge in [0.1, 0.15) is 5.82 Å². The predicted octanol–water partition coefficient (Wildman–Crippen LogP) is 4.78. The van der Waals surface area contributed by atoms with E-state index in [0.717, 1.165) is 30.7 Å². The first-order chi connectivity index (χ1) is 8.45. The van der Waals surface area contributed by atoms with Crippen molar-refractivity contribution in [1.82, 2.24) is 0 Å². The number of benzene rings is 1. The minimum atomic E-state index is -0.872. The van der Waals surface area contributed by atoms with Crippen LogP contribution >= 0.6 is 39.3 Å². The summed E-state index contributed by atoms with van der Waals surface area (Å²) in [5.41, 5.74) is -0.217. The highest BCUT2D eigenvalue weighted by atomic mass is 79.9. The summed E-state index contributed by atoms with van der Waals surface area (Å²) in [7, 11) is 0. The van der Waals surface area contributed by atoms with Gasteiger partial charge in [0.25, 0.3) is 5.24 Å². The molecule has 0 aliphatic rings. The van der Waals surface area contributed by atoms with Gasteiger partial charge in [0.15, 0.2) is 5.12 Å². The van der Waals surface area contributed by atoms with Crippen molar-refractivity contribution in [3.63, 3.8) is 0 Å². The van der Waals surface area contributed by atoms with E-state index >= 15 is 0 Å². The quantitative estimate of drug-likeness (QED) is 0.564. The van der Waals surface area contributed by atoms with Gasteiger partial charge >= 0.3 is 0 Å². The summed E-state index contributed by atoms with van der Waals surface area (Å²) in [6, 6.07) is 2.44. The maximum atomic E-state index is 13.4. The summed E-state index contributed by atoms with van der Waals surface area (Å²) in [6.45, 7) is 2.00. The molecular weight excluding hydrogens is 343 g/mol. The molecule has 0 radical (unpaired) electrons. The van der Waals surface area contributed by atoms with Gasteiger partial charge in [-0.25, -0.2) is 4.39 Å². The van der Waals surface area contributed by atoms with Crippen molar-refractivity contribution in [2.75, 3.05) is 0 Å². The molecule has 0 spiro atoms. The van der Waals surface area contributed by atoms with E-state index in [1.54, 1.807) is 0 Å². The molecule has 1 aromatic rings. The molecular formula is C12H11BrClFO2S. The van der Waals surface area contributed by atoms with Crippen molar-refractivity contribution in [2.24, 2.45) is 0 Å². The summed E-state index contributed by atoms with van der Waals surface area (Å²) in [5, 5.41) is -0.889. The maximum absolute atomic E-state index is 13.4. The van der Waals surface area contributed by atoms with Gasteiger partial charge in [0, 0.05) is 15.8 Å². The van der Waals surface area contributed by atoms with E-state index < -0.39 is 11.1 Å². The number of halogens is 3. The molecule has 0 aliphatic heterocycles. The van der Waals surface area contributed by atoms with Gasteiger partial charge in [0.05, 0.1) is 5.56 Å². The monoisotopic (exact) mass is 352 g/mol. The SMILES string of the molecule is CCCCC(=O)Sc1cc(C(=O)Cl)c(F)cc1Br. The Bertz CT molecular complexity index is 479. The third-order valence-electron chi connectivity index (χ3n) is 2.19. The van der Waals surface area contributed by atoms with E-state index in [4.69, 9.17) is 11.6 Å². The van der Waals surface area contributed by atoms with Gasteiger partial charge in [-0.1, -0.05) is 25.1 Å². The van der Waals surface area contributed by atoms with Crippen LogP contribution in [0, 0.1) is 5.82 Å². The summed E-state index contributed by atoms with van der Waals surface area (Å²) in [5.74, 6) is -0.702. The molecule has 0 bridgehead atoms. The Kier molecular flexibility index (Phi) is 6.32. The minimum absolute atomic E-state index is 0.0165. The van der Waals surface area contributed by atoms with Crippen LogP contribution in [0.25, 0.3) is 0 Å². The van der Waals surface area contributed by atoms with Crippen LogP contribution in [0.3, 0.4) is 0 Å². The molecule has 1 rings (SSSR count). The normalized spacial score (nSPS) is 10.4. The Morgan fingerprint density at radius 3 is 2.67 bits per heavy atom. The average Bonchev–Trinajstić information content (AvgIpc) is 2.29. The molecule has 6 heteroatoms. The molecule has 1 aromatic carbocycles. The number of thioether (sulfide) groups is 1. The van der Waals surface area contributed by atoms with Crippen molar-refractivity contribution in [3.05, 3.63) is 28.0 Å². The Balaban J connectivity index is 2.92. The Morgan fingerprint density at radius 2 is 2.11 bits per heavy atom. The van der Waals surface area contributed by atoms with Crippen LogP contribution in [0.1, 0.15) is 36.5 Å². The van der Waals surface area contributed by atoms with Crippen LogP contribution in [0.2, 0.25) is 0 Å². The number of rotatable bonds is 5. The van der Waals surface area contributed by atoms with Crippen LogP contribution in [0.5, 0.6) is 0 Å². The molecule has 0 saturated heterocycles. The summed E-state index contributed by atoms with van der Waals surface area (Å²) < 4.78 is 13.8. The Morgan fingerprint density at radius 1 is 1.44 bits per heavy atom. The highest BCUT2D eigenvalue weighted by Gasteiger charge is 2.15. The minimum Gasteiger partial charge on any atom is -0.287 e. The first-order valence-electron chi connectivity index (χ1n) is 5.35. The van der Waals surface area contributed by atoms with Gasteiger partial charge in [-0.2, -0.15) is 0 Å². The number of hydrogen-bond acceptors (Lipinski definition) is 3. The highest BCUT2D eigenvalue weighted by Crippen LogP contribution is 2.32. The third kappa shape index (κ3) is 4.37. The van der Waals surface area contributed by atoms with E-state index in [1.807, 2.05) is 6.92 Å². The zero-order valence-corrected chi connectivity index (χ0v) is 12.8. The summed E-state index contributed by atoms with van der Waals surface area (Å²) in [4.78, 5) is 23.1. The van der Waals surface area contributed by atoms with Gasteiger partial charge in [-0.3, -0.25) is 9.59 Å². The fourth-order valence-electron chi connectivity index (χ4n) is 1.25. The Hall–Kier alpha value is -0.390. The van der Waals surface area contributed by atoms with Gasteiger partial charge in [-0.15, -0.1) is 0 Å². The van der Waals surface area contributed by atoms with E-state index in [9.17, 15) is 14.0 Å². The maximum Gasteiger partial charge on any atom is 0.255 e. The molecule has 0 N–H and O–H groups in total. The number of carbonyl (C=O) groups is 2. The number of hydrogen-bond donors (Lipinski definition) is 0. The van der Waals surface area contributed by atoms with Crippen LogP contribution in [-0.4, -0.2) is 10.4 Å². The molecule has 0 saturated carbocycles. The molecule has 98 valence electrons. The van der Waals surface area contributed by atoms with E-state index in [0.29, 0.717) is 15.8 Å². The van der Waals surface area contributed by atoms with E-state index in [2.05, 4.69) is 15.9 Å². The first-order valence-corrected chi connectivity index (χ1v) is 7.34. The zero-order valence-electron chi connectivity index (χ0n) is 9.63. The lowest BCUT2D eigenvalue weighted by molar-refractivity contribution is -0.111. The van der Waals surface area contributed by atoms with E-state index in [-0.39, 0.29) is 10.7 Å². The highest BCUT2D eigenvalue weighted by molar-refractivity contribution is 9.10. The summed E-state index contributed by atoms with van der Waals surface area (Å²) in [6.07, 6.45) is 2.20. The second-order valence-electron chi connectivity index (χ2n) is 3.61. The number of carbonyl (C=O) groups excluding carboxylic acids is 2. The summed E-state index contributed by atoms with van der Waals surface area (Å²) >= 11 is 9.41. The fourth-order valence-corrected chi connectivity index (χ4v) is 2.78. The van der Waals surface area contributed by atoms with Crippen LogP contribution in [-0.2, 0) is 4.79 Å². The first kappa shape index (κ1) is 15.7. The van der Waals surface area contributed by atoms with Gasteiger partial charge in [0.2, 0.25) is 0 Å². The smallest absolute Gasteiger partial charge is 0.255 e. The molecule has 18 heavy (non-hydrogen) atoms.